The Kier molecular flexibility index (Phi) is 7.56. The van der Waals surface area contributed by atoms with Crippen LogP contribution in [0.3, 0.4) is 0 Å². The molecule has 1 amide bonds. The first-order valence-electron chi connectivity index (χ1n) is 12.6. The number of ether oxygens (including phenoxy) is 1. The molecule has 0 aromatic carbocycles. The Balaban J connectivity index is 1.42. The zero-order chi connectivity index (χ0) is 22.9. The fourth-order valence-electron chi connectivity index (χ4n) is 6.92. The summed E-state index contributed by atoms with van der Waals surface area (Å²) in [6.07, 6.45) is 9.77. The van der Waals surface area contributed by atoms with Gasteiger partial charge in [-0.3, -0.25) is 4.79 Å². The van der Waals surface area contributed by atoms with Crippen LogP contribution < -0.4 is 10.5 Å². The van der Waals surface area contributed by atoms with Crippen molar-refractivity contribution < 1.29 is 23.1 Å². The van der Waals surface area contributed by atoms with Crippen LogP contribution >= 0.6 is 0 Å². The maximum Gasteiger partial charge on any atom is 0.223 e. The molecular formula is C23H40N3O5S+. The average molecular weight is 471 g/mol. The summed E-state index contributed by atoms with van der Waals surface area (Å²) < 4.78 is 34.8. The molecule has 3 saturated carbocycles. The SMILES string of the molecule is COC1CCC([NH+]=O)CC1NC(=O)C1CCCC(S(=O)(=O)N2C(C)CC3CCCCC32)C1. The monoisotopic (exact) mass is 470 g/mol. The topological polar surface area (TPSA) is 107 Å². The second-order valence-corrected chi connectivity index (χ2v) is 12.7. The largest absolute Gasteiger partial charge is 0.379 e. The molecule has 8 unspecified atom stereocenters. The highest BCUT2D eigenvalue weighted by Gasteiger charge is 2.49. The zero-order valence-electron chi connectivity index (χ0n) is 19.5. The van der Waals surface area contributed by atoms with Gasteiger partial charge in [0.25, 0.3) is 0 Å². The van der Waals surface area contributed by atoms with E-state index in [1.54, 1.807) is 7.11 Å². The number of nitroso groups, excluding NO2 is 1. The Bertz CT molecular complexity index is 791. The highest BCUT2D eigenvalue weighted by atomic mass is 32.2. The average Bonchev–Trinajstić information content (AvgIpc) is 3.15. The van der Waals surface area contributed by atoms with E-state index in [0.717, 1.165) is 44.9 Å². The van der Waals surface area contributed by atoms with Crippen LogP contribution in [-0.4, -0.2) is 61.3 Å². The summed E-state index contributed by atoms with van der Waals surface area (Å²) in [5.41, 5.74) is 0. The van der Waals surface area contributed by atoms with Gasteiger partial charge in [0, 0.05) is 42.9 Å². The number of amides is 1. The van der Waals surface area contributed by atoms with Crippen molar-refractivity contribution in [1.82, 2.24) is 9.62 Å². The highest BCUT2D eigenvalue weighted by Crippen LogP contribution is 2.43. The minimum atomic E-state index is -3.43. The molecule has 8 nitrogen and oxygen atoms in total. The first kappa shape index (κ1) is 24.1. The van der Waals surface area contributed by atoms with Gasteiger partial charge in [0.15, 0.2) is 0 Å². The second-order valence-electron chi connectivity index (χ2n) is 10.6. The smallest absolute Gasteiger partial charge is 0.223 e. The third kappa shape index (κ3) is 4.75. The predicted octanol–water partition coefficient (Wildman–Crippen LogP) is 1.43. The van der Waals surface area contributed by atoms with Crippen molar-refractivity contribution >= 4 is 15.9 Å². The fourth-order valence-corrected chi connectivity index (χ4v) is 9.44. The van der Waals surface area contributed by atoms with Gasteiger partial charge in [-0.2, -0.15) is 4.31 Å². The number of hydrogen-bond donors (Lipinski definition) is 2. The standard InChI is InChI=1S/C23H39N3O5S/c1-15-12-16-6-3-4-9-21(16)26(15)32(29,30)19-8-5-7-17(13-19)23(27)24-20-14-18(25-28)10-11-22(20)31-2/h15-22H,3-14H2,1-2H3,(H,24,27)/p+1. The number of hydrogen-bond acceptors (Lipinski definition) is 5. The molecule has 4 aliphatic rings. The lowest BCUT2D eigenvalue weighted by atomic mass is 9.85. The van der Waals surface area contributed by atoms with Crippen LogP contribution in [0.5, 0.6) is 0 Å². The van der Waals surface area contributed by atoms with E-state index in [9.17, 15) is 18.1 Å². The zero-order valence-corrected chi connectivity index (χ0v) is 20.3. The summed E-state index contributed by atoms with van der Waals surface area (Å²) in [6, 6.07) is -0.180. The number of rotatable bonds is 6. The lowest BCUT2D eigenvalue weighted by molar-refractivity contribution is -0.531. The minimum absolute atomic E-state index is 0.0588. The molecular weight excluding hydrogens is 430 g/mol. The minimum Gasteiger partial charge on any atom is -0.379 e. The summed E-state index contributed by atoms with van der Waals surface area (Å²) >= 11 is 0. The molecule has 0 aromatic heterocycles. The maximum atomic E-state index is 13.7. The van der Waals surface area contributed by atoms with E-state index in [1.807, 2.05) is 4.31 Å². The summed E-state index contributed by atoms with van der Waals surface area (Å²) in [6.45, 7) is 2.05. The molecule has 32 heavy (non-hydrogen) atoms. The molecule has 0 radical (unpaired) electrons. The van der Waals surface area contributed by atoms with Crippen LogP contribution in [0.4, 0.5) is 0 Å². The third-order valence-electron chi connectivity index (χ3n) is 8.57. The van der Waals surface area contributed by atoms with Gasteiger partial charge < -0.3 is 10.1 Å². The van der Waals surface area contributed by atoms with Crippen molar-refractivity contribution in [3.05, 3.63) is 4.91 Å². The lowest BCUT2D eigenvalue weighted by Crippen LogP contribution is -2.75. The van der Waals surface area contributed by atoms with Gasteiger partial charge in [-0.05, 0) is 63.0 Å². The van der Waals surface area contributed by atoms with Crippen molar-refractivity contribution in [2.24, 2.45) is 11.8 Å². The van der Waals surface area contributed by atoms with Crippen LogP contribution in [-0.2, 0) is 19.6 Å². The van der Waals surface area contributed by atoms with Gasteiger partial charge in [0.05, 0.1) is 17.4 Å². The first-order valence-corrected chi connectivity index (χ1v) is 14.1. The van der Waals surface area contributed by atoms with E-state index in [-0.39, 0.29) is 42.1 Å². The molecule has 9 heteroatoms. The molecule has 1 aliphatic heterocycles. The number of fused-ring (bicyclic) bond motifs is 1. The first-order chi connectivity index (χ1) is 15.3. The Morgan fingerprint density at radius 3 is 2.53 bits per heavy atom. The Hall–Kier alpha value is -1.06. The molecule has 0 spiro atoms. The van der Waals surface area contributed by atoms with E-state index in [2.05, 4.69) is 17.4 Å². The van der Waals surface area contributed by atoms with Crippen LogP contribution in [0.2, 0.25) is 0 Å². The quantitative estimate of drug-likeness (QED) is 0.611. The second kappa shape index (κ2) is 10.1. The van der Waals surface area contributed by atoms with Crippen molar-refractivity contribution in [2.75, 3.05) is 7.11 Å². The maximum absolute atomic E-state index is 13.7. The number of sulfonamides is 1. The molecule has 3 aliphatic carbocycles. The van der Waals surface area contributed by atoms with Crippen molar-refractivity contribution in [3.8, 4) is 0 Å². The van der Waals surface area contributed by atoms with Crippen LogP contribution in [0.25, 0.3) is 0 Å². The molecule has 182 valence electrons. The van der Waals surface area contributed by atoms with Gasteiger partial charge >= 0.3 is 0 Å². The van der Waals surface area contributed by atoms with E-state index >= 15 is 0 Å². The van der Waals surface area contributed by atoms with E-state index in [4.69, 9.17) is 4.74 Å². The molecule has 8 atom stereocenters. The van der Waals surface area contributed by atoms with E-state index in [1.165, 1.54) is 6.42 Å². The lowest BCUT2D eigenvalue weighted by Gasteiger charge is -2.38. The number of nitrogens with one attached hydrogen (secondary N) is 2. The van der Waals surface area contributed by atoms with E-state index in [0.29, 0.717) is 31.6 Å². The van der Waals surface area contributed by atoms with Crippen molar-refractivity contribution in [1.29, 1.82) is 0 Å². The summed E-state index contributed by atoms with van der Waals surface area (Å²) in [4.78, 5) is 24.3. The molecule has 4 rings (SSSR count). The third-order valence-corrected chi connectivity index (χ3v) is 11.1. The van der Waals surface area contributed by atoms with Crippen LogP contribution in [0.15, 0.2) is 0 Å². The number of carbonyl (C=O) groups is 1. The number of methoxy groups -OCH3 is 1. The molecule has 1 saturated heterocycles. The van der Waals surface area contributed by atoms with Gasteiger partial charge in [0.2, 0.25) is 22.0 Å². The van der Waals surface area contributed by atoms with E-state index < -0.39 is 15.3 Å². The Morgan fingerprint density at radius 1 is 1.00 bits per heavy atom. The van der Waals surface area contributed by atoms with Crippen LogP contribution in [0.1, 0.15) is 84.0 Å². The predicted molar refractivity (Wildman–Crippen MR) is 121 cm³/mol. The van der Waals surface area contributed by atoms with Gasteiger partial charge in [-0.1, -0.05) is 19.3 Å². The van der Waals surface area contributed by atoms with Crippen molar-refractivity contribution in [2.45, 2.75) is 119 Å². The van der Waals surface area contributed by atoms with Gasteiger partial charge in [0.1, 0.15) is 0 Å². The summed E-state index contributed by atoms with van der Waals surface area (Å²) in [5.74, 6) is 0.103. The highest BCUT2D eigenvalue weighted by molar-refractivity contribution is 7.89. The normalized spacial score (nSPS) is 41.1. The molecule has 1 heterocycles. The summed E-state index contributed by atoms with van der Waals surface area (Å²) in [5, 5.41) is 4.70. The van der Waals surface area contributed by atoms with Crippen molar-refractivity contribution in [3.63, 3.8) is 0 Å². The van der Waals surface area contributed by atoms with Gasteiger partial charge in [-0.25, -0.2) is 8.42 Å². The molecule has 2 N–H and O–H groups in total. The van der Waals surface area contributed by atoms with Crippen LogP contribution in [0, 0.1) is 16.7 Å². The Morgan fingerprint density at radius 2 is 1.78 bits per heavy atom. The molecule has 0 bridgehead atoms. The number of carbonyl (C=O) groups excluding carboxylic acids is 1. The van der Waals surface area contributed by atoms with Gasteiger partial charge in [-0.15, -0.1) is 0 Å². The molecule has 0 aromatic rings. The fraction of sp³-hybridized carbons (Fsp3) is 0.957. The molecule has 4 fully saturated rings. The summed E-state index contributed by atoms with van der Waals surface area (Å²) in [7, 11) is -1.80. The number of nitrogens with zero attached hydrogens (tertiary/aromatic N) is 1. The Labute approximate surface area is 192 Å².